The molecular formula is C10H20N6. The van der Waals surface area contributed by atoms with E-state index in [0.29, 0.717) is 5.82 Å². The Kier molecular flexibility index (Phi) is 4.03. The molecule has 4 N–H and O–H groups in total. The second-order valence-electron chi connectivity index (χ2n) is 4.49. The molecule has 0 saturated carbocycles. The minimum Gasteiger partial charge on any atom is -0.368 e. The summed E-state index contributed by atoms with van der Waals surface area (Å²) in [6.07, 6.45) is 1.47. The van der Waals surface area contributed by atoms with E-state index in [4.69, 9.17) is 5.84 Å². The largest absolute Gasteiger partial charge is 0.368 e. The lowest BCUT2D eigenvalue weighted by Crippen LogP contribution is -2.44. The molecule has 0 radical (unpaired) electrons. The van der Waals surface area contributed by atoms with Crippen LogP contribution in [0.25, 0.3) is 0 Å². The number of rotatable bonds is 5. The average Bonchev–Trinajstić information content (AvgIpc) is 2.26. The van der Waals surface area contributed by atoms with Crippen LogP contribution in [0.3, 0.4) is 0 Å². The van der Waals surface area contributed by atoms with Crippen LogP contribution in [-0.4, -0.2) is 41.0 Å². The second-order valence-corrected chi connectivity index (χ2v) is 4.49. The lowest BCUT2D eigenvalue weighted by atomic mass is 10.0. The van der Waals surface area contributed by atoms with Gasteiger partial charge in [-0.15, -0.1) is 0 Å². The summed E-state index contributed by atoms with van der Waals surface area (Å²) in [4.78, 5) is 10.2. The zero-order valence-electron chi connectivity index (χ0n) is 10.3. The molecule has 1 heterocycles. The first-order valence-electron chi connectivity index (χ1n) is 5.15. The predicted molar refractivity (Wildman–Crippen MR) is 66.1 cm³/mol. The zero-order chi connectivity index (χ0) is 12.2. The van der Waals surface area contributed by atoms with Crippen LogP contribution < -0.4 is 16.6 Å². The van der Waals surface area contributed by atoms with E-state index in [1.807, 2.05) is 0 Å². The van der Waals surface area contributed by atoms with Gasteiger partial charge in [-0.3, -0.25) is 0 Å². The summed E-state index contributed by atoms with van der Waals surface area (Å²) in [6.45, 7) is 5.10. The molecule has 6 heteroatoms. The fraction of sp³-hybridized carbons (Fsp3) is 0.600. The van der Waals surface area contributed by atoms with E-state index in [1.54, 1.807) is 6.07 Å². The number of hydrogen-bond donors (Lipinski definition) is 3. The fourth-order valence-corrected chi connectivity index (χ4v) is 0.998. The Hall–Kier alpha value is -1.40. The molecule has 0 aliphatic heterocycles. The highest BCUT2D eigenvalue weighted by Gasteiger charge is 2.19. The first-order valence-corrected chi connectivity index (χ1v) is 5.15. The van der Waals surface area contributed by atoms with Crippen LogP contribution in [0.5, 0.6) is 0 Å². The Morgan fingerprint density at radius 2 is 1.94 bits per heavy atom. The number of nitrogens with two attached hydrogens (primary N) is 1. The van der Waals surface area contributed by atoms with Crippen LogP contribution >= 0.6 is 0 Å². The second kappa shape index (κ2) is 5.09. The Labute approximate surface area is 96.2 Å². The maximum Gasteiger partial charge on any atom is 0.145 e. The Morgan fingerprint density at radius 1 is 1.31 bits per heavy atom. The maximum absolute atomic E-state index is 5.27. The van der Waals surface area contributed by atoms with Gasteiger partial charge in [0.1, 0.15) is 18.0 Å². The minimum atomic E-state index is 0.0568. The van der Waals surface area contributed by atoms with Crippen molar-refractivity contribution in [3.63, 3.8) is 0 Å². The molecule has 0 aliphatic rings. The molecule has 0 atom stereocenters. The molecule has 1 aromatic rings. The van der Waals surface area contributed by atoms with E-state index in [0.717, 1.165) is 12.4 Å². The smallest absolute Gasteiger partial charge is 0.145 e. The third-order valence-corrected chi connectivity index (χ3v) is 2.73. The molecule has 0 aromatic carbocycles. The predicted octanol–water partition coefficient (Wildman–Crippen LogP) is 0.514. The zero-order valence-corrected chi connectivity index (χ0v) is 10.3. The van der Waals surface area contributed by atoms with E-state index in [-0.39, 0.29) is 5.54 Å². The molecule has 16 heavy (non-hydrogen) atoms. The van der Waals surface area contributed by atoms with Crippen LogP contribution in [0.15, 0.2) is 12.4 Å². The van der Waals surface area contributed by atoms with Crippen LogP contribution in [0.1, 0.15) is 13.8 Å². The first kappa shape index (κ1) is 12.7. The maximum atomic E-state index is 5.27. The molecular weight excluding hydrogens is 204 g/mol. The summed E-state index contributed by atoms with van der Waals surface area (Å²) in [5.41, 5.74) is 2.54. The van der Waals surface area contributed by atoms with Crippen molar-refractivity contribution in [1.82, 2.24) is 14.9 Å². The third-order valence-electron chi connectivity index (χ3n) is 2.73. The molecule has 6 nitrogen and oxygen atoms in total. The van der Waals surface area contributed by atoms with E-state index in [1.165, 1.54) is 6.33 Å². The third kappa shape index (κ3) is 3.32. The molecule has 1 rings (SSSR count). The van der Waals surface area contributed by atoms with Gasteiger partial charge >= 0.3 is 0 Å². The first-order chi connectivity index (χ1) is 7.45. The summed E-state index contributed by atoms with van der Waals surface area (Å²) in [6, 6.07) is 1.77. The fourth-order valence-electron chi connectivity index (χ4n) is 0.998. The van der Waals surface area contributed by atoms with Crippen molar-refractivity contribution >= 4 is 11.6 Å². The van der Waals surface area contributed by atoms with Gasteiger partial charge in [0, 0.05) is 18.2 Å². The van der Waals surface area contributed by atoms with Crippen molar-refractivity contribution < 1.29 is 0 Å². The Balaban J connectivity index is 2.60. The van der Waals surface area contributed by atoms with E-state index in [2.05, 4.69) is 53.6 Å². The highest BCUT2D eigenvalue weighted by atomic mass is 15.3. The Bertz CT molecular complexity index is 336. The highest BCUT2D eigenvalue weighted by Crippen LogP contribution is 2.12. The normalized spacial score (nSPS) is 11.6. The molecule has 0 spiro atoms. The summed E-state index contributed by atoms with van der Waals surface area (Å²) in [5.74, 6) is 6.63. The molecule has 1 aromatic heterocycles. The van der Waals surface area contributed by atoms with Gasteiger partial charge < -0.3 is 15.6 Å². The number of nitrogens with zero attached hydrogens (tertiary/aromatic N) is 3. The van der Waals surface area contributed by atoms with Crippen molar-refractivity contribution in [3.8, 4) is 0 Å². The van der Waals surface area contributed by atoms with E-state index < -0.39 is 0 Å². The van der Waals surface area contributed by atoms with Gasteiger partial charge in [-0.25, -0.2) is 15.8 Å². The summed E-state index contributed by atoms with van der Waals surface area (Å²) in [7, 11) is 4.10. The van der Waals surface area contributed by atoms with Gasteiger partial charge in [0.25, 0.3) is 0 Å². The van der Waals surface area contributed by atoms with Gasteiger partial charge in [-0.2, -0.15) is 0 Å². The molecule has 0 amide bonds. The summed E-state index contributed by atoms with van der Waals surface area (Å²) in [5, 5.41) is 3.25. The van der Waals surface area contributed by atoms with Crippen LogP contribution in [0.2, 0.25) is 0 Å². The number of likely N-dealkylation sites (N-methyl/N-ethyl adjacent to an activating group) is 1. The summed E-state index contributed by atoms with van der Waals surface area (Å²) < 4.78 is 0. The quantitative estimate of drug-likeness (QED) is 0.500. The van der Waals surface area contributed by atoms with Gasteiger partial charge in [0.15, 0.2) is 0 Å². The lowest BCUT2D eigenvalue weighted by molar-refractivity contribution is 0.210. The topological polar surface area (TPSA) is 79.1 Å². The number of hydrogen-bond acceptors (Lipinski definition) is 6. The number of aromatic nitrogens is 2. The SMILES string of the molecule is CN(C)C(C)(C)CNc1cc(NN)ncn1. The van der Waals surface area contributed by atoms with Crippen molar-refractivity contribution in [3.05, 3.63) is 12.4 Å². The van der Waals surface area contributed by atoms with E-state index >= 15 is 0 Å². The molecule has 0 fully saturated rings. The van der Waals surface area contributed by atoms with Crippen LogP contribution in [0, 0.1) is 0 Å². The van der Waals surface area contributed by atoms with Crippen LogP contribution in [0.4, 0.5) is 11.6 Å². The molecule has 90 valence electrons. The van der Waals surface area contributed by atoms with Crippen molar-refractivity contribution in [2.75, 3.05) is 31.4 Å². The summed E-state index contributed by atoms with van der Waals surface area (Å²) >= 11 is 0. The van der Waals surface area contributed by atoms with Gasteiger partial charge in [0.05, 0.1) is 0 Å². The van der Waals surface area contributed by atoms with Crippen LogP contribution in [-0.2, 0) is 0 Å². The minimum absolute atomic E-state index is 0.0568. The highest BCUT2D eigenvalue weighted by molar-refractivity contribution is 5.45. The van der Waals surface area contributed by atoms with Crippen molar-refractivity contribution in [2.24, 2.45) is 5.84 Å². The Morgan fingerprint density at radius 3 is 2.50 bits per heavy atom. The molecule has 0 saturated heterocycles. The monoisotopic (exact) mass is 224 g/mol. The van der Waals surface area contributed by atoms with Crippen molar-refractivity contribution in [2.45, 2.75) is 19.4 Å². The number of hydrazine groups is 1. The average molecular weight is 224 g/mol. The number of nitrogen functional groups attached to an aromatic ring is 1. The van der Waals surface area contributed by atoms with Crippen molar-refractivity contribution in [1.29, 1.82) is 0 Å². The molecule has 0 bridgehead atoms. The molecule has 0 unspecified atom stereocenters. The molecule has 0 aliphatic carbocycles. The van der Waals surface area contributed by atoms with Gasteiger partial charge in [0.2, 0.25) is 0 Å². The van der Waals surface area contributed by atoms with Gasteiger partial charge in [-0.05, 0) is 27.9 Å². The van der Waals surface area contributed by atoms with E-state index in [9.17, 15) is 0 Å². The standard InChI is InChI=1S/C10H20N6/c1-10(2,16(3)4)6-12-8-5-9(15-11)14-7-13-8/h5,7H,6,11H2,1-4H3,(H2,12,13,14,15). The lowest BCUT2D eigenvalue weighted by Gasteiger charge is -2.32. The number of anilines is 2. The van der Waals surface area contributed by atoms with Gasteiger partial charge in [-0.1, -0.05) is 0 Å². The number of nitrogens with one attached hydrogen (secondary N) is 2.